The minimum atomic E-state index is -0.0733. The maximum Gasteiger partial charge on any atom is 0.261 e. The predicted octanol–water partition coefficient (Wildman–Crippen LogP) is 4.48. The number of para-hydroxylation sites is 1. The third-order valence-corrected chi connectivity index (χ3v) is 6.27. The summed E-state index contributed by atoms with van der Waals surface area (Å²) in [4.78, 5) is 24.4. The number of aryl methyl sites for hydroxylation is 3. The lowest BCUT2D eigenvalue weighted by Crippen LogP contribution is -2.35. The summed E-state index contributed by atoms with van der Waals surface area (Å²) in [5, 5.41) is 5.64. The first-order valence-electron chi connectivity index (χ1n) is 11.3. The summed E-state index contributed by atoms with van der Waals surface area (Å²) < 4.78 is 7.72. The molecule has 7 nitrogen and oxygen atoms in total. The molecule has 0 spiro atoms. The van der Waals surface area contributed by atoms with Crippen LogP contribution in [0.4, 0.5) is 0 Å². The fourth-order valence-corrected chi connectivity index (χ4v) is 4.60. The Hall–Kier alpha value is -3.74. The van der Waals surface area contributed by atoms with Gasteiger partial charge in [-0.15, -0.1) is 0 Å². The van der Waals surface area contributed by atoms with Gasteiger partial charge in [0.15, 0.2) is 18.1 Å². The number of amides is 1. The van der Waals surface area contributed by atoms with E-state index in [1.807, 2.05) is 74.2 Å². The molecule has 1 aromatic carbocycles. The molecule has 7 heteroatoms. The second-order valence-electron chi connectivity index (χ2n) is 8.55. The summed E-state index contributed by atoms with van der Waals surface area (Å²) in [7, 11) is 0. The number of benzene rings is 1. The Morgan fingerprint density at radius 1 is 1.06 bits per heavy atom. The standard InChI is InChI=1S/C26H27N5O2/c1-17-8-6-9-18(2)25(17)33-16-24(32)30-15-7-10-22(30)21-13-12-20-19(3)29-31(26(20)28-21)23-11-4-5-14-27-23/h4-6,8-9,11-14,22H,7,10,15-16H2,1-3H3/t22-/m0/s1. The molecule has 33 heavy (non-hydrogen) atoms. The Bertz CT molecular complexity index is 1300. The molecule has 4 heterocycles. The van der Waals surface area contributed by atoms with Crippen LogP contribution in [0.3, 0.4) is 0 Å². The van der Waals surface area contributed by atoms with Crippen LogP contribution in [0.5, 0.6) is 5.75 Å². The molecule has 168 valence electrons. The topological polar surface area (TPSA) is 73.1 Å². The number of carbonyl (C=O) groups is 1. The highest BCUT2D eigenvalue weighted by Gasteiger charge is 2.31. The first-order chi connectivity index (χ1) is 16.0. The molecule has 1 atom stereocenters. The Morgan fingerprint density at radius 2 is 1.88 bits per heavy atom. The lowest BCUT2D eigenvalue weighted by Gasteiger charge is -2.25. The van der Waals surface area contributed by atoms with Crippen molar-refractivity contribution in [1.82, 2.24) is 24.6 Å². The maximum absolute atomic E-state index is 13.1. The highest BCUT2D eigenvalue weighted by Crippen LogP contribution is 2.33. The first kappa shape index (κ1) is 21.1. The van der Waals surface area contributed by atoms with E-state index in [-0.39, 0.29) is 18.6 Å². The molecular formula is C26H27N5O2. The zero-order valence-corrected chi connectivity index (χ0v) is 19.2. The molecule has 0 bridgehead atoms. The number of carbonyl (C=O) groups excluding carboxylic acids is 1. The van der Waals surface area contributed by atoms with Crippen molar-refractivity contribution in [1.29, 1.82) is 0 Å². The molecule has 1 amide bonds. The van der Waals surface area contributed by atoms with Gasteiger partial charge in [0, 0.05) is 18.1 Å². The molecule has 0 N–H and O–H groups in total. The van der Waals surface area contributed by atoms with Gasteiger partial charge in [-0.2, -0.15) is 9.78 Å². The third kappa shape index (κ3) is 3.95. The van der Waals surface area contributed by atoms with Crippen molar-refractivity contribution >= 4 is 16.9 Å². The molecule has 0 saturated carbocycles. The first-order valence-corrected chi connectivity index (χ1v) is 11.3. The van der Waals surface area contributed by atoms with Gasteiger partial charge in [-0.3, -0.25) is 4.79 Å². The number of rotatable bonds is 5. The zero-order chi connectivity index (χ0) is 22.9. The Kier molecular flexibility index (Phi) is 5.54. The predicted molar refractivity (Wildman–Crippen MR) is 126 cm³/mol. The van der Waals surface area contributed by atoms with Crippen LogP contribution in [-0.4, -0.2) is 43.7 Å². The van der Waals surface area contributed by atoms with Gasteiger partial charge in [-0.25, -0.2) is 9.97 Å². The van der Waals surface area contributed by atoms with E-state index in [4.69, 9.17) is 9.72 Å². The van der Waals surface area contributed by atoms with Crippen LogP contribution < -0.4 is 4.74 Å². The monoisotopic (exact) mass is 441 g/mol. The minimum absolute atomic E-state index is 0.0172. The van der Waals surface area contributed by atoms with Crippen LogP contribution in [0.15, 0.2) is 54.7 Å². The van der Waals surface area contributed by atoms with E-state index in [2.05, 4.69) is 10.1 Å². The Balaban J connectivity index is 1.41. The van der Waals surface area contributed by atoms with Gasteiger partial charge in [-0.05, 0) is 69.0 Å². The van der Waals surface area contributed by atoms with E-state index in [9.17, 15) is 4.79 Å². The van der Waals surface area contributed by atoms with Crippen LogP contribution in [0.2, 0.25) is 0 Å². The van der Waals surface area contributed by atoms with Crippen molar-refractivity contribution in [3.8, 4) is 11.6 Å². The van der Waals surface area contributed by atoms with E-state index in [0.29, 0.717) is 6.54 Å². The second-order valence-corrected chi connectivity index (χ2v) is 8.55. The highest BCUT2D eigenvalue weighted by atomic mass is 16.5. The van der Waals surface area contributed by atoms with Crippen LogP contribution in [-0.2, 0) is 4.79 Å². The SMILES string of the molecule is Cc1cccc(C)c1OCC(=O)N1CCC[C@H]1c1ccc2c(C)nn(-c3ccccn3)c2n1. The molecule has 1 fully saturated rings. The third-order valence-electron chi connectivity index (χ3n) is 6.27. The fraction of sp³-hybridized carbons (Fsp3) is 0.308. The van der Waals surface area contributed by atoms with Crippen molar-refractivity contribution in [2.45, 2.75) is 39.7 Å². The van der Waals surface area contributed by atoms with E-state index < -0.39 is 0 Å². The van der Waals surface area contributed by atoms with Crippen molar-refractivity contribution in [3.63, 3.8) is 0 Å². The highest BCUT2D eigenvalue weighted by molar-refractivity contribution is 5.81. The molecule has 5 rings (SSSR count). The average Bonchev–Trinajstić information content (AvgIpc) is 3.44. The normalized spacial score (nSPS) is 15.8. The zero-order valence-electron chi connectivity index (χ0n) is 19.2. The Labute approximate surface area is 193 Å². The summed E-state index contributed by atoms with van der Waals surface area (Å²) in [5.41, 5.74) is 4.60. The van der Waals surface area contributed by atoms with Gasteiger partial charge in [0.2, 0.25) is 0 Å². The van der Waals surface area contributed by atoms with Gasteiger partial charge >= 0.3 is 0 Å². The van der Waals surface area contributed by atoms with Crippen LogP contribution in [0.25, 0.3) is 16.9 Å². The van der Waals surface area contributed by atoms with Gasteiger partial charge in [0.25, 0.3) is 5.91 Å². The van der Waals surface area contributed by atoms with Crippen LogP contribution >= 0.6 is 0 Å². The number of hydrogen-bond donors (Lipinski definition) is 0. The summed E-state index contributed by atoms with van der Waals surface area (Å²) in [5.74, 6) is 1.49. The van der Waals surface area contributed by atoms with E-state index in [0.717, 1.165) is 58.0 Å². The number of likely N-dealkylation sites (tertiary alicyclic amines) is 1. The van der Waals surface area contributed by atoms with Gasteiger partial charge < -0.3 is 9.64 Å². The van der Waals surface area contributed by atoms with Gasteiger partial charge in [0.1, 0.15) is 5.75 Å². The van der Waals surface area contributed by atoms with Crippen molar-refractivity contribution in [2.24, 2.45) is 0 Å². The van der Waals surface area contributed by atoms with Crippen molar-refractivity contribution < 1.29 is 9.53 Å². The summed E-state index contributed by atoms with van der Waals surface area (Å²) in [6.45, 7) is 6.70. The summed E-state index contributed by atoms with van der Waals surface area (Å²) in [6, 6.07) is 15.7. The quantitative estimate of drug-likeness (QED) is 0.456. The van der Waals surface area contributed by atoms with E-state index >= 15 is 0 Å². The molecule has 1 saturated heterocycles. The van der Waals surface area contributed by atoms with Gasteiger partial charge in [-0.1, -0.05) is 24.3 Å². The largest absolute Gasteiger partial charge is 0.483 e. The molecule has 0 aliphatic carbocycles. The summed E-state index contributed by atoms with van der Waals surface area (Å²) in [6.07, 6.45) is 3.57. The second kappa shape index (κ2) is 8.65. The lowest BCUT2D eigenvalue weighted by molar-refractivity contribution is -0.134. The number of aromatic nitrogens is 4. The molecular weight excluding hydrogens is 414 g/mol. The van der Waals surface area contributed by atoms with Crippen molar-refractivity contribution in [2.75, 3.05) is 13.2 Å². The van der Waals surface area contributed by atoms with E-state index in [1.165, 1.54) is 0 Å². The number of ether oxygens (including phenoxy) is 1. The molecule has 0 unspecified atom stereocenters. The molecule has 3 aromatic heterocycles. The lowest BCUT2D eigenvalue weighted by atomic mass is 10.1. The Morgan fingerprint density at radius 3 is 2.64 bits per heavy atom. The van der Waals surface area contributed by atoms with Crippen LogP contribution in [0, 0.1) is 20.8 Å². The average molecular weight is 442 g/mol. The summed E-state index contributed by atoms with van der Waals surface area (Å²) >= 11 is 0. The number of fused-ring (bicyclic) bond motifs is 1. The van der Waals surface area contributed by atoms with Crippen molar-refractivity contribution in [3.05, 3.63) is 77.2 Å². The fourth-order valence-electron chi connectivity index (χ4n) is 4.60. The van der Waals surface area contributed by atoms with Crippen LogP contribution in [0.1, 0.15) is 41.4 Å². The molecule has 0 radical (unpaired) electrons. The molecule has 1 aliphatic rings. The number of nitrogens with zero attached hydrogens (tertiary/aromatic N) is 5. The van der Waals surface area contributed by atoms with Gasteiger partial charge in [0.05, 0.1) is 17.4 Å². The smallest absolute Gasteiger partial charge is 0.261 e. The number of pyridine rings is 2. The molecule has 4 aromatic rings. The maximum atomic E-state index is 13.1. The number of hydrogen-bond acceptors (Lipinski definition) is 5. The molecule has 1 aliphatic heterocycles. The minimum Gasteiger partial charge on any atom is -0.483 e. The van der Waals surface area contributed by atoms with E-state index in [1.54, 1.807) is 10.9 Å².